The average Bonchev–Trinajstić information content (AvgIpc) is 3.39. The van der Waals surface area contributed by atoms with Gasteiger partial charge in [0.25, 0.3) is 0 Å². The van der Waals surface area contributed by atoms with Gasteiger partial charge < -0.3 is 9.47 Å². The zero-order chi connectivity index (χ0) is 24.9. The third-order valence-corrected chi connectivity index (χ3v) is 8.52. The highest BCUT2D eigenvalue weighted by Crippen LogP contribution is 2.44. The SMILES string of the molecule is C=C/C(=C\C=C/C)[C@@H]1CC[C@H](CC)N(Cc2cc(F)c(N(C)C[C@H]3C[C@@H]3n3cnnc3)cc2F)S1. The molecule has 4 atom stereocenters. The van der Waals surface area contributed by atoms with Crippen LogP contribution in [0.5, 0.6) is 0 Å². The first-order valence-corrected chi connectivity index (χ1v) is 13.2. The lowest BCUT2D eigenvalue weighted by molar-refractivity contribution is 0.293. The molecule has 1 aliphatic carbocycles. The van der Waals surface area contributed by atoms with Crippen LogP contribution in [-0.2, 0) is 6.54 Å². The molecule has 1 aromatic heterocycles. The molecule has 4 rings (SSSR count). The van der Waals surface area contributed by atoms with E-state index < -0.39 is 0 Å². The smallest absolute Gasteiger partial charge is 0.147 e. The Balaban J connectivity index is 1.44. The van der Waals surface area contributed by atoms with Crippen molar-refractivity contribution in [2.45, 2.75) is 63.4 Å². The van der Waals surface area contributed by atoms with Gasteiger partial charge in [-0.15, -0.1) is 10.2 Å². The summed E-state index contributed by atoms with van der Waals surface area (Å²) in [6.45, 7) is 9.15. The van der Waals surface area contributed by atoms with Gasteiger partial charge in [-0.25, -0.2) is 13.1 Å². The Labute approximate surface area is 211 Å². The third-order valence-electron chi connectivity index (χ3n) is 7.06. The summed E-state index contributed by atoms with van der Waals surface area (Å²) in [5.74, 6) is -0.359. The molecule has 1 saturated carbocycles. The summed E-state index contributed by atoms with van der Waals surface area (Å²) >= 11 is 1.73. The van der Waals surface area contributed by atoms with E-state index in [0.29, 0.717) is 42.3 Å². The molecule has 1 aliphatic heterocycles. The molecule has 1 aromatic carbocycles. The van der Waals surface area contributed by atoms with Crippen molar-refractivity contribution in [3.8, 4) is 0 Å². The van der Waals surface area contributed by atoms with E-state index in [9.17, 15) is 0 Å². The molecule has 2 aliphatic rings. The molecule has 2 heterocycles. The monoisotopic (exact) mass is 499 g/mol. The molecule has 0 unspecified atom stereocenters. The molecule has 0 spiro atoms. The van der Waals surface area contributed by atoms with E-state index in [1.54, 1.807) is 24.6 Å². The highest BCUT2D eigenvalue weighted by atomic mass is 32.2. The molecule has 35 heavy (non-hydrogen) atoms. The molecular weight excluding hydrogens is 464 g/mol. The van der Waals surface area contributed by atoms with E-state index in [4.69, 9.17) is 0 Å². The average molecular weight is 500 g/mol. The van der Waals surface area contributed by atoms with Crippen molar-refractivity contribution in [3.63, 3.8) is 0 Å². The van der Waals surface area contributed by atoms with E-state index in [-0.39, 0.29) is 16.9 Å². The van der Waals surface area contributed by atoms with E-state index in [1.165, 1.54) is 17.7 Å². The number of anilines is 1. The van der Waals surface area contributed by atoms with Crippen LogP contribution in [0.3, 0.4) is 0 Å². The highest BCUT2D eigenvalue weighted by molar-refractivity contribution is 7.97. The van der Waals surface area contributed by atoms with Gasteiger partial charge in [0.2, 0.25) is 0 Å². The molecule has 0 amide bonds. The maximum absolute atomic E-state index is 15.2. The molecule has 8 heteroatoms. The van der Waals surface area contributed by atoms with Crippen LogP contribution < -0.4 is 4.90 Å². The van der Waals surface area contributed by atoms with Crippen LogP contribution in [-0.4, -0.2) is 44.0 Å². The topological polar surface area (TPSA) is 37.2 Å². The minimum atomic E-state index is -0.378. The molecule has 188 valence electrons. The van der Waals surface area contributed by atoms with E-state index in [0.717, 1.165) is 25.7 Å². The number of allylic oxidation sites excluding steroid dienone is 4. The molecule has 1 saturated heterocycles. The molecule has 0 N–H and O–H groups in total. The quantitative estimate of drug-likeness (QED) is 0.282. The normalized spacial score (nSPS) is 25.2. The molecule has 5 nitrogen and oxygen atoms in total. The van der Waals surface area contributed by atoms with Crippen molar-refractivity contribution < 1.29 is 8.78 Å². The van der Waals surface area contributed by atoms with Crippen molar-refractivity contribution in [2.75, 3.05) is 18.5 Å². The lowest BCUT2D eigenvalue weighted by Crippen LogP contribution is -2.36. The lowest BCUT2D eigenvalue weighted by Gasteiger charge is -2.39. The largest absolute Gasteiger partial charge is 0.372 e. The first-order chi connectivity index (χ1) is 16.9. The fourth-order valence-corrected chi connectivity index (χ4v) is 6.39. The highest BCUT2D eigenvalue weighted by Gasteiger charge is 2.39. The van der Waals surface area contributed by atoms with Gasteiger partial charge in [-0.2, -0.15) is 0 Å². The van der Waals surface area contributed by atoms with E-state index >= 15 is 8.78 Å². The summed E-state index contributed by atoms with van der Waals surface area (Å²) in [7, 11) is 1.82. The van der Waals surface area contributed by atoms with Crippen LogP contribution in [0.4, 0.5) is 14.5 Å². The molecular formula is C27H35F2N5S. The summed E-state index contributed by atoms with van der Waals surface area (Å²) < 4.78 is 34.6. The second-order valence-corrected chi connectivity index (χ2v) is 10.7. The van der Waals surface area contributed by atoms with Gasteiger partial charge in [0.05, 0.1) is 5.69 Å². The first kappa shape index (κ1) is 25.6. The molecule has 2 aromatic rings. The second kappa shape index (κ2) is 11.5. The van der Waals surface area contributed by atoms with E-state index in [1.807, 2.05) is 41.7 Å². The van der Waals surface area contributed by atoms with Gasteiger partial charge >= 0.3 is 0 Å². The van der Waals surface area contributed by atoms with Crippen molar-refractivity contribution in [2.24, 2.45) is 5.92 Å². The summed E-state index contributed by atoms with van der Waals surface area (Å²) in [6.07, 6.45) is 15.5. The Morgan fingerprint density at radius 1 is 1.23 bits per heavy atom. The molecule has 2 fully saturated rings. The summed E-state index contributed by atoms with van der Waals surface area (Å²) in [4.78, 5) is 1.82. The van der Waals surface area contributed by atoms with Crippen LogP contribution in [0.15, 0.2) is 61.2 Å². The zero-order valence-corrected chi connectivity index (χ0v) is 21.6. The minimum Gasteiger partial charge on any atom is -0.372 e. The maximum Gasteiger partial charge on any atom is 0.147 e. The first-order valence-electron chi connectivity index (χ1n) is 12.4. The number of aromatic nitrogens is 3. The Kier molecular flexibility index (Phi) is 8.44. The van der Waals surface area contributed by atoms with Crippen molar-refractivity contribution in [1.29, 1.82) is 0 Å². The van der Waals surface area contributed by atoms with Crippen molar-refractivity contribution in [1.82, 2.24) is 19.1 Å². The Bertz CT molecular complexity index is 1070. The number of benzene rings is 1. The molecule has 0 radical (unpaired) electrons. The number of hydrogen-bond donors (Lipinski definition) is 0. The van der Waals surface area contributed by atoms with Crippen molar-refractivity contribution in [3.05, 3.63) is 78.4 Å². The summed E-state index contributed by atoms with van der Waals surface area (Å²) in [5.41, 5.74) is 1.87. The minimum absolute atomic E-state index is 0.266. The summed E-state index contributed by atoms with van der Waals surface area (Å²) in [5, 5.41) is 7.98. The number of nitrogens with zero attached hydrogens (tertiary/aromatic N) is 5. The van der Waals surface area contributed by atoms with Gasteiger partial charge in [-0.3, -0.25) is 0 Å². The number of halogens is 2. The van der Waals surface area contributed by atoms with Crippen LogP contribution in [0, 0.1) is 17.6 Å². The lowest BCUT2D eigenvalue weighted by atomic mass is 10.0. The van der Waals surface area contributed by atoms with Gasteiger partial charge in [0, 0.05) is 49.1 Å². The third kappa shape index (κ3) is 6.04. The fraction of sp³-hybridized carbons (Fsp3) is 0.481. The van der Waals surface area contributed by atoms with E-state index in [2.05, 4.69) is 34.1 Å². The van der Waals surface area contributed by atoms with Gasteiger partial charge in [-0.05, 0) is 50.2 Å². The van der Waals surface area contributed by atoms with Crippen LogP contribution >= 0.6 is 11.9 Å². The molecule has 0 bridgehead atoms. The Morgan fingerprint density at radius 3 is 2.69 bits per heavy atom. The fourth-order valence-electron chi connectivity index (χ4n) is 4.89. The van der Waals surface area contributed by atoms with Crippen molar-refractivity contribution >= 4 is 17.6 Å². The van der Waals surface area contributed by atoms with Crippen LogP contribution in [0.2, 0.25) is 0 Å². The van der Waals surface area contributed by atoms with Crippen LogP contribution in [0.25, 0.3) is 0 Å². The predicted octanol–water partition coefficient (Wildman–Crippen LogP) is 6.33. The van der Waals surface area contributed by atoms with Gasteiger partial charge in [-0.1, -0.05) is 49.8 Å². The Hall–Kier alpha value is -2.45. The maximum atomic E-state index is 15.2. The summed E-state index contributed by atoms with van der Waals surface area (Å²) in [6, 6.07) is 3.40. The predicted molar refractivity (Wildman–Crippen MR) is 140 cm³/mol. The Morgan fingerprint density at radius 2 is 2.00 bits per heavy atom. The second-order valence-electron chi connectivity index (χ2n) is 9.45. The van der Waals surface area contributed by atoms with Crippen LogP contribution in [0.1, 0.15) is 51.1 Å². The van der Waals surface area contributed by atoms with Gasteiger partial charge in [0.15, 0.2) is 0 Å². The zero-order valence-electron chi connectivity index (χ0n) is 20.8. The number of hydrogen-bond acceptors (Lipinski definition) is 5. The van der Waals surface area contributed by atoms with Gasteiger partial charge in [0.1, 0.15) is 24.3 Å². The standard InChI is InChI=1S/C27H35F2N5S/c1-5-8-9-19(6-2)27-11-10-22(7-3)34(35-27)16-20-12-24(29)26(14-23(20)28)32(4)15-21-13-25(21)33-17-30-31-18-33/h5-6,8-9,12,14,17-18,21-22,25,27H,2,7,10-11,13,15-16H2,1,3-4H3/b8-5-,19-9+/t21-,22+,25+,27+/m1/s1. The number of rotatable bonds is 10.